The van der Waals surface area contributed by atoms with Gasteiger partial charge in [-0.15, -0.1) is 0 Å². The Morgan fingerprint density at radius 3 is 2.41 bits per heavy atom. The van der Waals surface area contributed by atoms with Crippen LogP contribution in [0, 0.1) is 0 Å². The third-order valence-corrected chi connectivity index (χ3v) is 2.44. The van der Waals surface area contributed by atoms with E-state index in [9.17, 15) is 13.6 Å². The summed E-state index contributed by atoms with van der Waals surface area (Å²) in [6.45, 7) is 6.81. The van der Waals surface area contributed by atoms with E-state index in [1.54, 1.807) is 20.8 Å². The van der Waals surface area contributed by atoms with Gasteiger partial charge in [-0.05, 0) is 20.8 Å². The van der Waals surface area contributed by atoms with Crippen LogP contribution in [0.1, 0.15) is 27.7 Å². The summed E-state index contributed by atoms with van der Waals surface area (Å²) >= 11 is 0. The quantitative estimate of drug-likeness (QED) is 0.772. The predicted molar refractivity (Wildman–Crippen MR) is 60.2 cm³/mol. The Labute approximate surface area is 100 Å². The molecule has 0 spiro atoms. The van der Waals surface area contributed by atoms with E-state index in [0.717, 1.165) is 6.92 Å². The third-order valence-electron chi connectivity index (χ3n) is 2.44. The minimum atomic E-state index is -2.85. The van der Waals surface area contributed by atoms with Crippen molar-refractivity contribution in [3.63, 3.8) is 0 Å². The van der Waals surface area contributed by atoms with Gasteiger partial charge in [0.15, 0.2) is 0 Å². The number of alkyl halides is 2. The largest absolute Gasteiger partial charge is 0.444 e. The van der Waals surface area contributed by atoms with Gasteiger partial charge in [0.2, 0.25) is 0 Å². The number of hydrogen-bond donors (Lipinski definition) is 1. The molecule has 0 aliphatic carbocycles. The number of nitrogens with one attached hydrogen (secondary N) is 1. The number of carbonyl (C=O) groups is 1. The molecule has 0 aromatic carbocycles. The molecule has 0 aromatic rings. The topological polar surface area (TPSA) is 41.6 Å². The van der Waals surface area contributed by atoms with Gasteiger partial charge in [0.25, 0.3) is 5.92 Å². The molecule has 1 aliphatic rings. The molecule has 1 saturated heterocycles. The van der Waals surface area contributed by atoms with Crippen molar-refractivity contribution in [3.05, 3.63) is 0 Å². The van der Waals surface area contributed by atoms with Crippen molar-refractivity contribution in [3.8, 4) is 0 Å². The molecule has 0 aromatic heterocycles. The van der Waals surface area contributed by atoms with Crippen LogP contribution in [-0.2, 0) is 4.74 Å². The molecule has 0 radical (unpaired) electrons. The van der Waals surface area contributed by atoms with Crippen LogP contribution in [0.2, 0.25) is 0 Å². The van der Waals surface area contributed by atoms with Gasteiger partial charge < -0.3 is 15.0 Å². The molecule has 1 heterocycles. The fraction of sp³-hybridized carbons (Fsp3) is 0.909. The molecule has 0 saturated carbocycles. The van der Waals surface area contributed by atoms with Crippen LogP contribution in [0.3, 0.4) is 0 Å². The summed E-state index contributed by atoms with van der Waals surface area (Å²) in [4.78, 5) is 13.0. The van der Waals surface area contributed by atoms with Crippen molar-refractivity contribution >= 4 is 6.09 Å². The van der Waals surface area contributed by atoms with E-state index in [1.165, 1.54) is 4.90 Å². The van der Waals surface area contributed by atoms with Crippen LogP contribution in [-0.4, -0.2) is 48.2 Å². The lowest BCUT2D eigenvalue weighted by molar-refractivity contribution is -0.0434. The molecular formula is C11H20F2N2O2. The number of piperazine rings is 1. The molecule has 0 bridgehead atoms. The molecule has 1 amide bonds. The molecule has 17 heavy (non-hydrogen) atoms. The Balaban J connectivity index is 2.58. The first-order valence-electron chi connectivity index (χ1n) is 5.69. The van der Waals surface area contributed by atoms with E-state index in [0.29, 0.717) is 13.1 Å². The summed E-state index contributed by atoms with van der Waals surface area (Å²) in [5.41, 5.74) is -0.605. The van der Waals surface area contributed by atoms with E-state index in [1.807, 2.05) is 0 Å². The van der Waals surface area contributed by atoms with E-state index < -0.39 is 23.7 Å². The first-order valence-corrected chi connectivity index (χ1v) is 5.69. The maximum Gasteiger partial charge on any atom is 0.410 e. The zero-order valence-corrected chi connectivity index (χ0v) is 10.7. The Hall–Kier alpha value is -0.910. The molecule has 100 valence electrons. The maximum atomic E-state index is 13.1. The highest BCUT2D eigenvalue weighted by molar-refractivity contribution is 5.68. The van der Waals surface area contributed by atoms with Gasteiger partial charge in [-0.1, -0.05) is 0 Å². The van der Waals surface area contributed by atoms with Crippen molar-refractivity contribution in [2.75, 3.05) is 19.6 Å². The highest BCUT2D eigenvalue weighted by atomic mass is 19.3. The van der Waals surface area contributed by atoms with Crippen molar-refractivity contribution in [1.82, 2.24) is 10.2 Å². The molecule has 1 atom stereocenters. The summed E-state index contributed by atoms with van der Waals surface area (Å²) in [6.07, 6.45) is -0.534. The third kappa shape index (κ3) is 4.46. The first-order chi connectivity index (χ1) is 7.59. The van der Waals surface area contributed by atoms with Crippen molar-refractivity contribution in [1.29, 1.82) is 0 Å². The monoisotopic (exact) mass is 250 g/mol. The van der Waals surface area contributed by atoms with Crippen LogP contribution < -0.4 is 5.32 Å². The Morgan fingerprint density at radius 1 is 1.35 bits per heavy atom. The summed E-state index contributed by atoms with van der Waals surface area (Å²) in [7, 11) is 0. The lowest BCUT2D eigenvalue weighted by Gasteiger charge is -2.36. The number of nitrogens with zero attached hydrogens (tertiary/aromatic N) is 1. The van der Waals surface area contributed by atoms with Crippen molar-refractivity contribution < 1.29 is 18.3 Å². The van der Waals surface area contributed by atoms with Gasteiger partial charge in [0.05, 0.1) is 6.04 Å². The average molecular weight is 250 g/mol. The molecule has 1 N–H and O–H groups in total. The number of ether oxygens (including phenoxy) is 1. The second-order valence-electron chi connectivity index (χ2n) is 5.39. The fourth-order valence-electron chi connectivity index (χ4n) is 1.58. The summed E-state index contributed by atoms with van der Waals surface area (Å²) in [6, 6.07) is -1.01. The smallest absolute Gasteiger partial charge is 0.410 e. The van der Waals surface area contributed by atoms with Gasteiger partial charge in [-0.25, -0.2) is 13.6 Å². The highest BCUT2D eigenvalue weighted by Gasteiger charge is 2.39. The summed E-state index contributed by atoms with van der Waals surface area (Å²) in [5, 5.41) is 2.71. The van der Waals surface area contributed by atoms with Crippen LogP contribution in [0.15, 0.2) is 0 Å². The molecule has 1 aliphatic heterocycles. The standard InChI is InChI=1S/C11H20F2N2O2/c1-10(2,3)17-9(16)15-6-5-14-8(7-15)11(4,12)13/h8,14H,5-7H2,1-4H3. The normalized spacial score (nSPS) is 22.5. The molecule has 1 rings (SSSR count). The zero-order chi connectivity index (χ0) is 13.3. The van der Waals surface area contributed by atoms with Gasteiger partial charge in [-0.3, -0.25) is 0 Å². The fourth-order valence-corrected chi connectivity index (χ4v) is 1.58. The molecule has 6 heteroatoms. The number of halogens is 2. The number of carbonyl (C=O) groups excluding carboxylic acids is 1. The van der Waals surface area contributed by atoms with Gasteiger partial charge in [-0.2, -0.15) is 0 Å². The molecule has 1 unspecified atom stereocenters. The lowest BCUT2D eigenvalue weighted by atomic mass is 10.1. The first kappa shape index (κ1) is 14.2. The van der Waals surface area contributed by atoms with Crippen LogP contribution in [0.25, 0.3) is 0 Å². The van der Waals surface area contributed by atoms with E-state index in [2.05, 4.69) is 5.32 Å². The van der Waals surface area contributed by atoms with Crippen LogP contribution >= 0.6 is 0 Å². The molecular weight excluding hydrogens is 230 g/mol. The minimum absolute atomic E-state index is 0.0294. The predicted octanol–water partition coefficient (Wildman–Crippen LogP) is 1.85. The van der Waals surface area contributed by atoms with Gasteiger partial charge >= 0.3 is 6.09 Å². The van der Waals surface area contributed by atoms with Gasteiger partial charge in [0.1, 0.15) is 5.60 Å². The van der Waals surface area contributed by atoms with Crippen LogP contribution in [0.4, 0.5) is 13.6 Å². The van der Waals surface area contributed by atoms with Crippen molar-refractivity contribution in [2.24, 2.45) is 0 Å². The SMILES string of the molecule is CC(C)(C)OC(=O)N1CCNC(C(C)(F)F)C1. The average Bonchev–Trinajstić information content (AvgIpc) is 2.14. The maximum absolute atomic E-state index is 13.1. The van der Waals surface area contributed by atoms with E-state index in [-0.39, 0.29) is 6.54 Å². The second-order valence-corrected chi connectivity index (χ2v) is 5.39. The van der Waals surface area contributed by atoms with E-state index in [4.69, 9.17) is 4.74 Å². The minimum Gasteiger partial charge on any atom is -0.444 e. The Bertz CT molecular complexity index is 284. The molecule has 1 fully saturated rings. The van der Waals surface area contributed by atoms with Crippen LogP contribution in [0.5, 0.6) is 0 Å². The van der Waals surface area contributed by atoms with E-state index >= 15 is 0 Å². The highest BCUT2D eigenvalue weighted by Crippen LogP contribution is 2.21. The molecule has 4 nitrogen and oxygen atoms in total. The number of rotatable bonds is 1. The number of hydrogen-bond acceptors (Lipinski definition) is 3. The summed E-state index contributed by atoms with van der Waals surface area (Å²) < 4.78 is 31.4. The Kier molecular flexibility index (Phi) is 3.96. The number of amides is 1. The zero-order valence-electron chi connectivity index (χ0n) is 10.7. The van der Waals surface area contributed by atoms with Crippen molar-refractivity contribution in [2.45, 2.75) is 45.3 Å². The lowest BCUT2D eigenvalue weighted by Crippen LogP contribution is -2.59. The van der Waals surface area contributed by atoms with Gasteiger partial charge in [0, 0.05) is 26.6 Å². The second kappa shape index (κ2) is 4.76. The Morgan fingerprint density at radius 2 is 1.94 bits per heavy atom. The summed E-state index contributed by atoms with van der Waals surface area (Å²) in [5.74, 6) is -2.85.